The SMILES string of the molecule is Cc1ccc(Sc2ccc(NC(=O)CCCNC(=O)c3cccs3)cc2)c(C)c1. The van der Waals surface area contributed by atoms with E-state index in [0.29, 0.717) is 24.3 Å². The fourth-order valence-corrected chi connectivity index (χ4v) is 4.34. The summed E-state index contributed by atoms with van der Waals surface area (Å²) < 4.78 is 0. The molecule has 3 rings (SSSR count). The molecule has 2 amide bonds. The van der Waals surface area contributed by atoms with Crippen molar-refractivity contribution in [3.63, 3.8) is 0 Å². The first-order valence-electron chi connectivity index (χ1n) is 9.48. The molecule has 2 aromatic carbocycles. The Kier molecular flexibility index (Phi) is 7.49. The number of amides is 2. The number of hydrogen-bond acceptors (Lipinski definition) is 4. The first-order valence-corrected chi connectivity index (χ1v) is 11.2. The molecule has 2 N–H and O–H groups in total. The molecular weight excluding hydrogens is 400 g/mol. The first kappa shape index (κ1) is 21.1. The van der Waals surface area contributed by atoms with E-state index in [1.807, 2.05) is 35.7 Å². The Labute approximate surface area is 179 Å². The summed E-state index contributed by atoms with van der Waals surface area (Å²) in [4.78, 5) is 27.0. The molecule has 0 spiro atoms. The fraction of sp³-hybridized carbons (Fsp3) is 0.217. The van der Waals surface area contributed by atoms with Gasteiger partial charge in [0.05, 0.1) is 4.88 Å². The molecule has 1 heterocycles. The third kappa shape index (κ3) is 6.48. The summed E-state index contributed by atoms with van der Waals surface area (Å²) in [7, 11) is 0. The van der Waals surface area contributed by atoms with Crippen molar-refractivity contribution < 1.29 is 9.59 Å². The van der Waals surface area contributed by atoms with E-state index in [2.05, 4.69) is 42.7 Å². The highest BCUT2D eigenvalue weighted by atomic mass is 32.2. The van der Waals surface area contributed by atoms with E-state index in [1.165, 1.54) is 27.4 Å². The third-order valence-electron chi connectivity index (χ3n) is 4.31. The Morgan fingerprint density at radius 2 is 1.83 bits per heavy atom. The van der Waals surface area contributed by atoms with Crippen LogP contribution in [0.1, 0.15) is 33.6 Å². The van der Waals surface area contributed by atoms with E-state index in [0.717, 1.165) is 10.6 Å². The maximum absolute atomic E-state index is 12.1. The van der Waals surface area contributed by atoms with Crippen LogP contribution >= 0.6 is 23.1 Å². The van der Waals surface area contributed by atoms with E-state index in [1.54, 1.807) is 17.8 Å². The van der Waals surface area contributed by atoms with Crippen LogP contribution in [0.4, 0.5) is 5.69 Å². The third-order valence-corrected chi connectivity index (χ3v) is 6.36. The van der Waals surface area contributed by atoms with Gasteiger partial charge in [-0.25, -0.2) is 0 Å². The minimum absolute atomic E-state index is 0.0508. The van der Waals surface area contributed by atoms with Gasteiger partial charge in [-0.3, -0.25) is 9.59 Å². The number of aryl methyl sites for hydroxylation is 2. The summed E-state index contributed by atoms with van der Waals surface area (Å²) >= 11 is 3.12. The van der Waals surface area contributed by atoms with Crippen LogP contribution in [0.3, 0.4) is 0 Å². The number of thiophene rings is 1. The molecular formula is C23H24N2O2S2. The predicted octanol–water partition coefficient (Wildman–Crippen LogP) is 5.66. The van der Waals surface area contributed by atoms with Gasteiger partial charge >= 0.3 is 0 Å². The van der Waals surface area contributed by atoms with Gasteiger partial charge in [0.25, 0.3) is 5.91 Å². The molecule has 0 unspecified atom stereocenters. The molecule has 29 heavy (non-hydrogen) atoms. The van der Waals surface area contributed by atoms with Crippen molar-refractivity contribution in [2.75, 3.05) is 11.9 Å². The highest BCUT2D eigenvalue weighted by molar-refractivity contribution is 7.99. The molecule has 0 saturated carbocycles. The summed E-state index contributed by atoms with van der Waals surface area (Å²) in [6, 6.07) is 17.9. The molecule has 6 heteroatoms. The number of rotatable bonds is 8. The van der Waals surface area contributed by atoms with Gasteiger partial charge in [0.1, 0.15) is 0 Å². The monoisotopic (exact) mass is 424 g/mol. The number of anilines is 1. The summed E-state index contributed by atoms with van der Waals surface area (Å²) in [5, 5.41) is 7.61. The second kappa shape index (κ2) is 10.3. The van der Waals surface area contributed by atoms with Gasteiger partial charge in [0.2, 0.25) is 5.91 Å². The number of nitrogens with one attached hydrogen (secondary N) is 2. The van der Waals surface area contributed by atoms with Crippen LogP contribution in [0.2, 0.25) is 0 Å². The molecule has 150 valence electrons. The average Bonchev–Trinajstić information content (AvgIpc) is 3.24. The van der Waals surface area contributed by atoms with Crippen LogP contribution in [-0.4, -0.2) is 18.4 Å². The molecule has 4 nitrogen and oxygen atoms in total. The van der Waals surface area contributed by atoms with Crippen molar-refractivity contribution in [2.45, 2.75) is 36.5 Å². The van der Waals surface area contributed by atoms with Gasteiger partial charge in [0.15, 0.2) is 0 Å². The quantitative estimate of drug-likeness (QED) is 0.458. The first-order chi connectivity index (χ1) is 14.0. The molecule has 0 saturated heterocycles. The maximum atomic E-state index is 12.1. The van der Waals surface area contributed by atoms with Gasteiger partial charge in [-0.1, -0.05) is 35.5 Å². The molecule has 0 aliphatic carbocycles. The van der Waals surface area contributed by atoms with Gasteiger partial charge in [-0.2, -0.15) is 0 Å². The van der Waals surface area contributed by atoms with Crippen LogP contribution in [0.25, 0.3) is 0 Å². The predicted molar refractivity (Wildman–Crippen MR) is 121 cm³/mol. The Morgan fingerprint density at radius 3 is 2.52 bits per heavy atom. The van der Waals surface area contributed by atoms with Crippen molar-refractivity contribution in [3.05, 3.63) is 76.0 Å². The van der Waals surface area contributed by atoms with E-state index in [9.17, 15) is 9.59 Å². The number of carbonyl (C=O) groups excluding carboxylic acids is 2. The largest absolute Gasteiger partial charge is 0.351 e. The van der Waals surface area contributed by atoms with Crippen molar-refractivity contribution in [1.29, 1.82) is 0 Å². The molecule has 1 aromatic heterocycles. The van der Waals surface area contributed by atoms with Gasteiger partial charge in [-0.15, -0.1) is 11.3 Å². The zero-order chi connectivity index (χ0) is 20.6. The average molecular weight is 425 g/mol. The molecule has 3 aromatic rings. The Balaban J connectivity index is 1.42. The number of carbonyl (C=O) groups is 2. The summed E-state index contributed by atoms with van der Waals surface area (Å²) in [6.07, 6.45) is 0.966. The van der Waals surface area contributed by atoms with E-state index in [-0.39, 0.29) is 11.8 Å². The minimum atomic E-state index is -0.0858. The highest BCUT2D eigenvalue weighted by Gasteiger charge is 2.07. The van der Waals surface area contributed by atoms with Crippen LogP contribution in [-0.2, 0) is 4.79 Å². The van der Waals surface area contributed by atoms with Crippen LogP contribution in [0.15, 0.2) is 69.8 Å². The zero-order valence-electron chi connectivity index (χ0n) is 16.5. The lowest BCUT2D eigenvalue weighted by atomic mass is 10.2. The molecule has 0 fully saturated rings. The van der Waals surface area contributed by atoms with Crippen LogP contribution in [0.5, 0.6) is 0 Å². The second-order valence-electron chi connectivity index (χ2n) is 6.78. The minimum Gasteiger partial charge on any atom is -0.351 e. The lowest BCUT2D eigenvalue weighted by Crippen LogP contribution is -2.24. The van der Waals surface area contributed by atoms with Crippen molar-refractivity contribution in [1.82, 2.24) is 5.32 Å². The fourth-order valence-electron chi connectivity index (χ4n) is 2.82. The molecule has 0 bridgehead atoms. The Bertz CT molecular complexity index is 967. The normalized spacial score (nSPS) is 10.6. The van der Waals surface area contributed by atoms with E-state index >= 15 is 0 Å². The lowest BCUT2D eigenvalue weighted by Gasteiger charge is -2.09. The second-order valence-corrected chi connectivity index (χ2v) is 8.84. The lowest BCUT2D eigenvalue weighted by molar-refractivity contribution is -0.116. The molecule has 0 radical (unpaired) electrons. The van der Waals surface area contributed by atoms with Gasteiger partial charge < -0.3 is 10.6 Å². The summed E-state index contributed by atoms with van der Waals surface area (Å²) in [5.41, 5.74) is 3.30. The maximum Gasteiger partial charge on any atom is 0.261 e. The van der Waals surface area contributed by atoms with E-state index in [4.69, 9.17) is 0 Å². The van der Waals surface area contributed by atoms with Gasteiger partial charge in [-0.05, 0) is 67.6 Å². The van der Waals surface area contributed by atoms with Crippen molar-refractivity contribution in [3.8, 4) is 0 Å². The topological polar surface area (TPSA) is 58.2 Å². The smallest absolute Gasteiger partial charge is 0.261 e. The van der Waals surface area contributed by atoms with Crippen LogP contribution in [0, 0.1) is 13.8 Å². The standard InChI is InChI=1S/C23H24N2O2S2/c1-16-7-12-20(17(2)15-16)29-19-10-8-18(9-11-19)25-22(26)6-3-13-24-23(27)21-5-4-14-28-21/h4-5,7-12,14-15H,3,6,13H2,1-2H3,(H,24,27)(H,25,26). The highest BCUT2D eigenvalue weighted by Crippen LogP contribution is 2.31. The zero-order valence-corrected chi connectivity index (χ0v) is 18.2. The van der Waals surface area contributed by atoms with E-state index < -0.39 is 0 Å². The van der Waals surface area contributed by atoms with Gasteiger partial charge in [0, 0.05) is 28.4 Å². The Hall–Kier alpha value is -2.57. The van der Waals surface area contributed by atoms with Crippen LogP contribution < -0.4 is 10.6 Å². The molecule has 0 aliphatic rings. The molecule has 0 atom stereocenters. The Morgan fingerprint density at radius 1 is 1.03 bits per heavy atom. The summed E-state index contributed by atoms with van der Waals surface area (Å²) in [6.45, 7) is 4.69. The molecule has 0 aliphatic heterocycles. The summed E-state index contributed by atoms with van der Waals surface area (Å²) in [5.74, 6) is -0.137. The number of hydrogen-bond donors (Lipinski definition) is 2. The van der Waals surface area contributed by atoms with Crippen molar-refractivity contribution >= 4 is 40.6 Å². The van der Waals surface area contributed by atoms with Crippen molar-refractivity contribution in [2.24, 2.45) is 0 Å². The number of benzene rings is 2.